The molecular formula is C14H16N4O3. The summed E-state index contributed by atoms with van der Waals surface area (Å²) in [7, 11) is 0. The van der Waals surface area contributed by atoms with Crippen LogP contribution in [0.2, 0.25) is 0 Å². The number of H-pyrrole nitrogens is 1. The first-order valence-corrected chi connectivity index (χ1v) is 6.74. The van der Waals surface area contributed by atoms with Gasteiger partial charge in [0, 0.05) is 25.4 Å². The third-order valence-corrected chi connectivity index (χ3v) is 3.64. The maximum absolute atomic E-state index is 12.5. The fourth-order valence-corrected chi connectivity index (χ4v) is 2.63. The zero-order valence-electron chi connectivity index (χ0n) is 11.5. The molecule has 0 aliphatic carbocycles. The Morgan fingerprint density at radius 3 is 2.90 bits per heavy atom. The maximum Gasteiger partial charge on any atom is 0.275 e. The Morgan fingerprint density at radius 2 is 2.14 bits per heavy atom. The Hall–Kier alpha value is -2.41. The van der Waals surface area contributed by atoms with Crippen molar-refractivity contribution in [1.82, 2.24) is 20.4 Å². The van der Waals surface area contributed by atoms with Gasteiger partial charge in [-0.1, -0.05) is 18.2 Å². The number of hydrogen-bond acceptors (Lipinski definition) is 4. The minimum Gasteiger partial charge on any atom is -0.389 e. The van der Waals surface area contributed by atoms with E-state index in [9.17, 15) is 14.7 Å². The van der Waals surface area contributed by atoms with Crippen molar-refractivity contribution in [3.05, 3.63) is 30.0 Å². The minimum atomic E-state index is -0.761. The quantitative estimate of drug-likeness (QED) is 0.717. The molecule has 0 unspecified atom stereocenters. The van der Waals surface area contributed by atoms with Gasteiger partial charge in [0.2, 0.25) is 5.91 Å². The number of aromatic nitrogens is 2. The molecule has 0 saturated carbocycles. The molecule has 0 radical (unpaired) electrons. The molecule has 2 aromatic rings. The number of aliphatic hydroxyl groups excluding tert-OH is 1. The van der Waals surface area contributed by atoms with E-state index in [1.165, 1.54) is 11.8 Å². The molecule has 1 saturated heterocycles. The van der Waals surface area contributed by atoms with E-state index in [1.54, 1.807) is 0 Å². The predicted molar refractivity (Wildman–Crippen MR) is 75.6 cm³/mol. The fourth-order valence-electron chi connectivity index (χ4n) is 2.63. The number of para-hydroxylation sites is 1. The van der Waals surface area contributed by atoms with E-state index < -0.39 is 12.1 Å². The number of hydrogen-bond donors (Lipinski definition) is 3. The first kappa shape index (κ1) is 13.6. The lowest BCUT2D eigenvalue weighted by molar-refractivity contribution is -0.120. The molecule has 2 atom stereocenters. The van der Waals surface area contributed by atoms with Crippen molar-refractivity contribution in [2.45, 2.75) is 19.1 Å². The van der Waals surface area contributed by atoms with Crippen molar-refractivity contribution < 1.29 is 14.7 Å². The molecule has 7 nitrogen and oxygen atoms in total. The van der Waals surface area contributed by atoms with Crippen LogP contribution in [-0.4, -0.2) is 57.3 Å². The molecule has 1 aromatic carbocycles. The van der Waals surface area contributed by atoms with Gasteiger partial charge in [0.25, 0.3) is 5.91 Å². The summed E-state index contributed by atoms with van der Waals surface area (Å²) in [5.74, 6) is -0.474. The first-order chi connectivity index (χ1) is 10.1. The lowest BCUT2D eigenvalue weighted by atomic mass is 10.2. The molecule has 21 heavy (non-hydrogen) atoms. The number of amides is 2. The molecule has 110 valence electrons. The Labute approximate surface area is 120 Å². The number of likely N-dealkylation sites (tertiary alicyclic amines) is 1. The lowest BCUT2D eigenvalue weighted by Gasteiger charge is -2.15. The van der Waals surface area contributed by atoms with E-state index in [1.807, 2.05) is 24.3 Å². The highest BCUT2D eigenvalue weighted by Crippen LogP contribution is 2.19. The Balaban J connectivity index is 1.81. The van der Waals surface area contributed by atoms with E-state index >= 15 is 0 Å². The molecule has 2 heterocycles. The Kier molecular flexibility index (Phi) is 3.34. The SMILES string of the molecule is CC(=O)N[C@@H]1CN(C(=O)c2n[nH]c3ccccc23)C[C@H]1O. The number of rotatable bonds is 2. The summed E-state index contributed by atoms with van der Waals surface area (Å²) in [6.07, 6.45) is -0.761. The van der Waals surface area contributed by atoms with E-state index in [0.717, 1.165) is 10.9 Å². The van der Waals surface area contributed by atoms with Gasteiger partial charge in [-0.15, -0.1) is 0 Å². The molecule has 1 aromatic heterocycles. The maximum atomic E-state index is 12.5. The number of aromatic amines is 1. The number of benzene rings is 1. The predicted octanol–water partition coefficient (Wildman–Crippen LogP) is -0.116. The van der Waals surface area contributed by atoms with Crippen LogP contribution in [0.4, 0.5) is 0 Å². The first-order valence-electron chi connectivity index (χ1n) is 6.74. The third-order valence-electron chi connectivity index (χ3n) is 3.64. The van der Waals surface area contributed by atoms with Crippen LogP contribution >= 0.6 is 0 Å². The number of fused-ring (bicyclic) bond motifs is 1. The van der Waals surface area contributed by atoms with Crippen LogP contribution in [0.5, 0.6) is 0 Å². The van der Waals surface area contributed by atoms with Crippen LogP contribution in [0.15, 0.2) is 24.3 Å². The Bertz CT molecular complexity index is 696. The summed E-state index contributed by atoms with van der Waals surface area (Å²) < 4.78 is 0. The topological polar surface area (TPSA) is 98.3 Å². The van der Waals surface area contributed by atoms with Crippen LogP contribution in [0, 0.1) is 0 Å². The minimum absolute atomic E-state index is 0.185. The van der Waals surface area contributed by atoms with E-state index in [0.29, 0.717) is 5.69 Å². The van der Waals surface area contributed by atoms with Crippen LogP contribution in [0.1, 0.15) is 17.4 Å². The van der Waals surface area contributed by atoms with Crippen LogP contribution in [-0.2, 0) is 4.79 Å². The average Bonchev–Trinajstić information content (AvgIpc) is 3.02. The fraction of sp³-hybridized carbons (Fsp3) is 0.357. The highest BCUT2D eigenvalue weighted by Gasteiger charge is 2.35. The lowest BCUT2D eigenvalue weighted by Crippen LogP contribution is -2.41. The zero-order chi connectivity index (χ0) is 15.0. The number of nitrogens with zero attached hydrogens (tertiary/aromatic N) is 2. The molecule has 0 spiro atoms. The van der Waals surface area contributed by atoms with E-state index in [-0.39, 0.29) is 24.9 Å². The summed E-state index contributed by atoms with van der Waals surface area (Å²) >= 11 is 0. The standard InChI is InChI=1S/C14H16N4O3/c1-8(19)15-11-6-18(7-12(11)20)14(21)13-9-4-2-3-5-10(9)16-17-13/h2-5,11-12,20H,6-7H2,1H3,(H,15,19)(H,16,17)/t11-,12-/m1/s1. The highest BCUT2D eigenvalue weighted by molar-refractivity contribution is 6.04. The number of aliphatic hydroxyl groups is 1. The average molecular weight is 288 g/mol. The monoisotopic (exact) mass is 288 g/mol. The summed E-state index contributed by atoms with van der Waals surface area (Å²) in [5.41, 5.74) is 1.13. The summed E-state index contributed by atoms with van der Waals surface area (Å²) in [5, 5.41) is 20.2. The van der Waals surface area contributed by atoms with Crippen molar-refractivity contribution in [1.29, 1.82) is 0 Å². The largest absolute Gasteiger partial charge is 0.389 e. The van der Waals surface area contributed by atoms with Crippen LogP contribution in [0.3, 0.4) is 0 Å². The smallest absolute Gasteiger partial charge is 0.275 e. The van der Waals surface area contributed by atoms with Crippen LogP contribution < -0.4 is 5.32 Å². The molecule has 1 aliphatic rings. The van der Waals surface area contributed by atoms with Crippen molar-refractivity contribution >= 4 is 22.7 Å². The van der Waals surface area contributed by atoms with Crippen molar-refractivity contribution in [3.63, 3.8) is 0 Å². The second-order valence-electron chi connectivity index (χ2n) is 5.20. The van der Waals surface area contributed by atoms with Crippen molar-refractivity contribution in [2.24, 2.45) is 0 Å². The summed E-state index contributed by atoms with van der Waals surface area (Å²) in [6.45, 7) is 1.85. The van der Waals surface area contributed by atoms with E-state index in [4.69, 9.17) is 0 Å². The second-order valence-corrected chi connectivity index (χ2v) is 5.20. The molecule has 3 rings (SSSR count). The molecule has 0 bridgehead atoms. The molecule has 7 heteroatoms. The van der Waals surface area contributed by atoms with Crippen molar-refractivity contribution in [2.75, 3.05) is 13.1 Å². The number of nitrogens with one attached hydrogen (secondary N) is 2. The third kappa shape index (κ3) is 2.47. The number of carbonyl (C=O) groups is 2. The summed E-state index contributed by atoms with van der Waals surface area (Å²) in [4.78, 5) is 25.1. The number of β-amino-alcohol motifs (C(OH)–C–C–N with tert-alkyl or cyclic N) is 1. The molecular weight excluding hydrogens is 272 g/mol. The normalized spacial score (nSPS) is 21.7. The number of carbonyl (C=O) groups excluding carboxylic acids is 2. The van der Waals surface area contributed by atoms with Gasteiger partial charge in [-0.25, -0.2) is 0 Å². The van der Waals surface area contributed by atoms with Gasteiger partial charge in [-0.2, -0.15) is 5.10 Å². The van der Waals surface area contributed by atoms with E-state index in [2.05, 4.69) is 15.5 Å². The van der Waals surface area contributed by atoms with Gasteiger partial charge in [0.15, 0.2) is 5.69 Å². The van der Waals surface area contributed by atoms with Crippen molar-refractivity contribution in [3.8, 4) is 0 Å². The second kappa shape index (κ2) is 5.17. The van der Waals surface area contributed by atoms with Gasteiger partial charge < -0.3 is 15.3 Å². The molecule has 1 aliphatic heterocycles. The zero-order valence-corrected chi connectivity index (χ0v) is 11.5. The van der Waals surface area contributed by atoms with Gasteiger partial charge in [0.1, 0.15) is 0 Å². The highest BCUT2D eigenvalue weighted by atomic mass is 16.3. The van der Waals surface area contributed by atoms with Gasteiger partial charge in [-0.3, -0.25) is 14.7 Å². The molecule has 1 fully saturated rings. The summed E-state index contributed by atoms with van der Waals surface area (Å²) in [6, 6.07) is 6.94. The molecule has 2 amide bonds. The van der Waals surface area contributed by atoms with Gasteiger partial charge in [0.05, 0.1) is 17.7 Å². The van der Waals surface area contributed by atoms with Crippen LogP contribution in [0.25, 0.3) is 10.9 Å². The Morgan fingerprint density at radius 1 is 1.38 bits per heavy atom. The van der Waals surface area contributed by atoms with Gasteiger partial charge >= 0.3 is 0 Å². The molecule has 3 N–H and O–H groups in total. The van der Waals surface area contributed by atoms with Gasteiger partial charge in [-0.05, 0) is 6.07 Å².